The number of urea groups is 1. The lowest BCUT2D eigenvalue weighted by atomic mass is 9.78. The van der Waals surface area contributed by atoms with Crippen molar-refractivity contribution in [2.24, 2.45) is 11.8 Å². The van der Waals surface area contributed by atoms with Crippen molar-refractivity contribution in [2.75, 3.05) is 13.1 Å². The van der Waals surface area contributed by atoms with Crippen LogP contribution >= 0.6 is 0 Å². The lowest BCUT2D eigenvalue weighted by molar-refractivity contribution is -0.140. The van der Waals surface area contributed by atoms with Crippen LogP contribution in [-0.2, 0) is 22.4 Å². The van der Waals surface area contributed by atoms with Gasteiger partial charge < -0.3 is 10.2 Å². The van der Waals surface area contributed by atoms with Gasteiger partial charge in [0.1, 0.15) is 5.54 Å². The van der Waals surface area contributed by atoms with Gasteiger partial charge in [0, 0.05) is 25.0 Å². The molecule has 154 valence electrons. The summed E-state index contributed by atoms with van der Waals surface area (Å²) in [4.78, 5) is 42.2. The molecular formula is C23H29N3O3. The molecule has 2 aliphatic heterocycles. The van der Waals surface area contributed by atoms with Gasteiger partial charge in [0.25, 0.3) is 5.91 Å². The van der Waals surface area contributed by atoms with Crippen molar-refractivity contribution in [1.82, 2.24) is 15.1 Å². The first kappa shape index (κ1) is 18.6. The molecule has 29 heavy (non-hydrogen) atoms. The molecule has 2 aliphatic carbocycles. The molecule has 1 aromatic rings. The number of fused-ring (bicyclic) bond motifs is 1. The highest BCUT2D eigenvalue weighted by molar-refractivity contribution is 6.07. The number of hydrogen-bond acceptors (Lipinski definition) is 3. The molecule has 1 saturated carbocycles. The average Bonchev–Trinajstić information content (AvgIpc) is 3.19. The summed E-state index contributed by atoms with van der Waals surface area (Å²) < 4.78 is 0. The summed E-state index contributed by atoms with van der Waals surface area (Å²) in [5.74, 6) is 0.476. The van der Waals surface area contributed by atoms with E-state index in [2.05, 4.69) is 17.4 Å². The van der Waals surface area contributed by atoms with Gasteiger partial charge in [0.15, 0.2) is 0 Å². The predicted molar refractivity (Wildman–Crippen MR) is 108 cm³/mol. The fraction of sp³-hybridized carbons (Fsp3) is 0.609. The summed E-state index contributed by atoms with van der Waals surface area (Å²) in [5, 5.41) is 3.03. The summed E-state index contributed by atoms with van der Waals surface area (Å²) in [6.07, 6.45) is 6.19. The Morgan fingerprint density at radius 3 is 2.21 bits per heavy atom. The van der Waals surface area contributed by atoms with Gasteiger partial charge in [-0.3, -0.25) is 14.5 Å². The minimum atomic E-state index is -0.864. The third-order valence-electron chi connectivity index (χ3n) is 7.72. The first-order chi connectivity index (χ1) is 14.0. The monoisotopic (exact) mass is 395 g/mol. The molecule has 0 unspecified atom stereocenters. The maximum Gasteiger partial charge on any atom is 0.325 e. The van der Waals surface area contributed by atoms with E-state index in [9.17, 15) is 14.4 Å². The van der Waals surface area contributed by atoms with Crippen LogP contribution in [0.3, 0.4) is 0 Å². The van der Waals surface area contributed by atoms with E-state index < -0.39 is 5.54 Å². The summed E-state index contributed by atoms with van der Waals surface area (Å²) in [7, 11) is 0. The molecule has 0 radical (unpaired) electrons. The second-order valence-corrected chi connectivity index (χ2v) is 9.37. The number of rotatable bonds is 3. The molecule has 2 saturated heterocycles. The van der Waals surface area contributed by atoms with Gasteiger partial charge in [-0.25, -0.2) is 4.79 Å². The standard InChI is InChI=1S/C23H29N3O3/c1-23(18-9-11-25(12-10-18)20(27)15-7-4-8-15)21(28)26(22(29)24-23)19-13-16-5-2-3-6-17(16)14-19/h2-3,5-6,15,18-19H,4,7-14H2,1H3,(H,24,29)/t23-/m0/s1. The fourth-order valence-corrected chi connectivity index (χ4v) is 5.60. The second-order valence-electron chi connectivity index (χ2n) is 9.37. The predicted octanol–water partition coefficient (Wildman–Crippen LogP) is 2.50. The van der Waals surface area contributed by atoms with Gasteiger partial charge in [0.05, 0.1) is 0 Å². The molecule has 4 amide bonds. The third kappa shape index (κ3) is 2.95. The molecule has 0 aromatic heterocycles. The first-order valence-corrected chi connectivity index (χ1v) is 11.0. The molecule has 0 bridgehead atoms. The highest BCUT2D eigenvalue weighted by Crippen LogP contribution is 2.37. The Hall–Kier alpha value is -2.37. The fourth-order valence-electron chi connectivity index (χ4n) is 5.60. The van der Waals surface area contributed by atoms with Crippen LogP contribution in [0.2, 0.25) is 0 Å². The number of likely N-dealkylation sites (tertiary alicyclic amines) is 1. The van der Waals surface area contributed by atoms with Gasteiger partial charge >= 0.3 is 6.03 Å². The zero-order valence-corrected chi connectivity index (χ0v) is 17.0. The Kier molecular flexibility index (Phi) is 4.41. The number of nitrogens with zero attached hydrogens (tertiary/aromatic N) is 2. The van der Waals surface area contributed by atoms with Gasteiger partial charge in [-0.2, -0.15) is 0 Å². The lowest BCUT2D eigenvalue weighted by Gasteiger charge is -2.41. The van der Waals surface area contributed by atoms with Crippen LogP contribution in [0.5, 0.6) is 0 Å². The smallest absolute Gasteiger partial charge is 0.325 e. The zero-order chi connectivity index (χ0) is 20.2. The van der Waals surface area contributed by atoms with E-state index in [1.165, 1.54) is 16.0 Å². The van der Waals surface area contributed by atoms with Gasteiger partial charge in [-0.15, -0.1) is 0 Å². The van der Waals surface area contributed by atoms with Crippen molar-refractivity contribution in [3.63, 3.8) is 0 Å². The molecular weight excluding hydrogens is 366 g/mol. The summed E-state index contributed by atoms with van der Waals surface area (Å²) >= 11 is 0. The largest absolute Gasteiger partial charge is 0.342 e. The van der Waals surface area contributed by atoms with Crippen molar-refractivity contribution in [2.45, 2.75) is 63.5 Å². The second kappa shape index (κ2) is 6.85. The van der Waals surface area contributed by atoms with E-state index in [4.69, 9.17) is 0 Å². The Morgan fingerprint density at radius 2 is 1.66 bits per heavy atom. The van der Waals surface area contributed by atoms with Crippen LogP contribution in [0.25, 0.3) is 0 Å². The molecule has 6 nitrogen and oxygen atoms in total. The van der Waals surface area contributed by atoms with Crippen molar-refractivity contribution in [1.29, 1.82) is 0 Å². The Morgan fingerprint density at radius 1 is 1.03 bits per heavy atom. The van der Waals surface area contributed by atoms with Crippen LogP contribution in [0, 0.1) is 11.8 Å². The molecule has 4 aliphatic rings. The maximum atomic E-state index is 13.4. The lowest BCUT2D eigenvalue weighted by Crippen LogP contribution is -2.55. The number of carbonyl (C=O) groups is 3. The number of amides is 4. The molecule has 5 rings (SSSR count). The van der Waals surface area contributed by atoms with Crippen molar-refractivity contribution in [3.05, 3.63) is 35.4 Å². The Bertz CT molecular complexity index is 832. The molecule has 1 aromatic carbocycles. The number of imide groups is 1. The molecule has 1 N–H and O–H groups in total. The molecule has 6 heteroatoms. The minimum absolute atomic E-state index is 0.0677. The molecule has 1 atom stereocenters. The quantitative estimate of drug-likeness (QED) is 0.800. The average molecular weight is 396 g/mol. The van der Waals surface area contributed by atoms with E-state index in [-0.39, 0.29) is 35.7 Å². The third-order valence-corrected chi connectivity index (χ3v) is 7.72. The highest BCUT2D eigenvalue weighted by atomic mass is 16.2. The van der Waals surface area contributed by atoms with Crippen molar-refractivity contribution >= 4 is 17.8 Å². The summed E-state index contributed by atoms with van der Waals surface area (Å²) in [6, 6.07) is 7.83. The Balaban J connectivity index is 1.26. The molecule has 2 heterocycles. The van der Waals surface area contributed by atoms with Crippen LogP contribution in [0.4, 0.5) is 4.79 Å². The highest BCUT2D eigenvalue weighted by Gasteiger charge is 2.55. The number of piperidine rings is 1. The summed E-state index contributed by atoms with van der Waals surface area (Å²) in [5.41, 5.74) is 1.60. The van der Waals surface area contributed by atoms with E-state index in [1.54, 1.807) is 0 Å². The normalized spacial score (nSPS) is 28.4. The van der Waals surface area contributed by atoms with E-state index in [1.807, 2.05) is 24.0 Å². The van der Waals surface area contributed by atoms with Crippen molar-refractivity contribution in [3.8, 4) is 0 Å². The number of nitrogens with one attached hydrogen (secondary N) is 1. The SMILES string of the molecule is C[C@@]1(C2CCN(C(=O)C3CCC3)CC2)NC(=O)N(C2Cc3ccccc3C2)C1=O. The van der Waals surface area contributed by atoms with Crippen LogP contribution in [0.15, 0.2) is 24.3 Å². The van der Waals surface area contributed by atoms with Crippen molar-refractivity contribution < 1.29 is 14.4 Å². The van der Waals surface area contributed by atoms with E-state index >= 15 is 0 Å². The van der Waals surface area contributed by atoms with Gasteiger partial charge in [0.2, 0.25) is 5.91 Å². The molecule has 3 fully saturated rings. The van der Waals surface area contributed by atoms with Gasteiger partial charge in [-0.1, -0.05) is 30.7 Å². The minimum Gasteiger partial charge on any atom is -0.342 e. The van der Waals surface area contributed by atoms with E-state index in [0.717, 1.165) is 44.9 Å². The number of hydrogen-bond donors (Lipinski definition) is 1. The first-order valence-electron chi connectivity index (χ1n) is 11.0. The number of carbonyl (C=O) groups excluding carboxylic acids is 3. The Labute approximate surface area is 171 Å². The van der Waals surface area contributed by atoms with Crippen LogP contribution in [0.1, 0.15) is 50.2 Å². The van der Waals surface area contributed by atoms with Gasteiger partial charge in [-0.05, 0) is 62.5 Å². The molecule has 0 spiro atoms. The zero-order valence-electron chi connectivity index (χ0n) is 17.0. The van der Waals surface area contributed by atoms with Crippen LogP contribution in [-0.4, -0.2) is 52.3 Å². The van der Waals surface area contributed by atoms with Crippen LogP contribution < -0.4 is 5.32 Å². The summed E-state index contributed by atoms with van der Waals surface area (Å²) in [6.45, 7) is 3.25. The van der Waals surface area contributed by atoms with E-state index in [0.29, 0.717) is 13.1 Å². The topological polar surface area (TPSA) is 69.7 Å². The number of benzene rings is 1. The maximum absolute atomic E-state index is 13.4.